The van der Waals surface area contributed by atoms with Crippen molar-refractivity contribution in [1.29, 1.82) is 0 Å². The summed E-state index contributed by atoms with van der Waals surface area (Å²) in [6.45, 7) is 3.68. The first kappa shape index (κ1) is 17.3. The average molecular weight is 366 g/mol. The first-order valence-electron chi connectivity index (χ1n) is 8.97. The Balaban J connectivity index is 1.48. The Hall–Kier alpha value is -3.16. The van der Waals surface area contributed by atoms with Crippen molar-refractivity contribution in [2.45, 2.75) is 26.4 Å². The number of amides is 1. The Morgan fingerprint density at radius 1 is 1.41 bits per heavy atom. The van der Waals surface area contributed by atoms with Crippen LogP contribution in [0.15, 0.2) is 36.9 Å². The van der Waals surface area contributed by atoms with Gasteiger partial charge in [0.25, 0.3) is 0 Å². The van der Waals surface area contributed by atoms with E-state index in [1.54, 1.807) is 18.1 Å². The number of carbonyl (C=O) groups excluding carboxylic acids is 1. The Bertz CT molecular complexity index is 934. The molecule has 0 saturated heterocycles. The summed E-state index contributed by atoms with van der Waals surface area (Å²) < 4.78 is 6.98. The lowest BCUT2D eigenvalue weighted by atomic mass is 10.1. The molecule has 0 unspecified atom stereocenters. The number of imidazole rings is 1. The molecule has 1 amide bonds. The van der Waals surface area contributed by atoms with Gasteiger partial charge in [0.15, 0.2) is 0 Å². The monoisotopic (exact) mass is 366 g/mol. The molecular formula is C19H22N6O2. The van der Waals surface area contributed by atoms with Gasteiger partial charge < -0.3 is 14.6 Å². The van der Waals surface area contributed by atoms with Gasteiger partial charge in [-0.25, -0.2) is 9.97 Å². The molecular weight excluding hydrogens is 344 g/mol. The number of rotatable bonds is 5. The van der Waals surface area contributed by atoms with Crippen molar-refractivity contribution < 1.29 is 9.53 Å². The number of ether oxygens (including phenoxy) is 1. The fourth-order valence-electron chi connectivity index (χ4n) is 3.39. The number of nitrogens with one attached hydrogen (secondary N) is 1. The number of carbonyl (C=O) groups is 1. The second-order valence-corrected chi connectivity index (χ2v) is 6.77. The molecule has 2 aromatic heterocycles. The number of hydrogen-bond donors (Lipinski definition) is 1. The highest BCUT2D eigenvalue weighted by atomic mass is 16.5. The summed E-state index contributed by atoms with van der Waals surface area (Å²) in [6, 6.07) is 7.80. The SMILES string of the molecule is COc1cccc(-c2nc3c([nH]2)CN(C(=O)[C@H](C)Cn2cncn2)CC3)c1. The van der Waals surface area contributed by atoms with E-state index in [1.807, 2.05) is 36.1 Å². The third kappa shape index (κ3) is 3.55. The van der Waals surface area contributed by atoms with E-state index < -0.39 is 0 Å². The zero-order valence-corrected chi connectivity index (χ0v) is 15.4. The lowest BCUT2D eigenvalue weighted by Crippen LogP contribution is -2.40. The van der Waals surface area contributed by atoms with Gasteiger partial charge in [0.1, 0.15) is 24.2 Å². The van der Waals surface area contributed by atoms with Gasteiger partial charge in [-0.05, 0) is 12.1 Å². The molecule has 0 bridgehead atoms. The minimum Gasteiger partial charge on any atom is -0.497 e. The van der Waals surface area contributed by atoms with Gasteiger partial charge in [-0.15, -0.1) is 0 Å². The molecule has 4 rings (SSSR count). The summed E-state index contributed by atoms with van der Waals surface area (Å²) >= 11 is 0. The maximum atomic E-state index is 12.8. The van der Waals surface area contributed by atoms with E-state index in [-0.39, 0.29) is 11.8 Å². The van der Waals surface area contributed by atoms with E-state index in [0.717, 1.165) is 34.9 Å². The van der Waals surface area contributed by atoms with Gasteiger partial charge >= 0.3 is 0 Å². The van der Waals surface area contributed by atoms with Gasteiger partial charge in [0.2, 0.25) is 5.91 Å². The van der Waals surface area contributed by atoms with Crippen molar-refractivity contribution in [2.75, 3.05) is 13.7 Å². The van der Waals surface area contributed by atoms with Gasteiger partial charge in [0.05, 0.1) is 37.5 Å². The molecule has 140 valence electrons. The summed E-state index contributed by atoms with van der Waals surface area (Å²) in [5.41, 5.74) is 3.00. The highest BCUT2D eigenvalue weighted by Crippen LogP contribution is 2.26. The van der Waals surface area contributed by atoms with Crippen LogP contribution in [0.4, 0.5) is 0 Å². The smallest absolute Gasteiger partial charge is 0.227 e. The third-order valence-electron chi connectivity index (χ3n) is 4.84. The summed E-state index contributed by atoms with van der Waals surface area (Å²) in [6.07, 6.45) is 3.86. The van der Waals surface area contributed by atoms with Crippen LogP contribution in [0, 0.1) is 5.92 Å². The number of H-pyrrole nitrogens is 1. The van der Waals surface area contributed by atoms with E-state index >= 15 is 0 Å². The molecule has 27 heavy (non-hydrogen) atoms. The zero-order valence-electron chi connectivity index (χ0n) is 15.4. The van der Waals surface area contributed by atoms with Crippen LogP contribution in [0.5, 0.6) is 5.75 Å². The molecule has 8 heteroatoms. The number of aromatic nitrogens is 5. The molecule has 8 nitrogen and oxygen atoms in total. The molecule has 0 saturated carbocycles. The van der Waals surface area contributed by atoms with Gasteiger partial charge in [-0.2, -0.15) is 5.10 Å². The molecule has 3 aromatic rings. The van der Waals surface area contributed by atoms with Crippen LogP contribution in [0.1, 0.15) is 18.3 Å². The highest BCUT2D eigenvalue weighted by Gasteiger charge is 2.27. The molecule has 1 aliphatic rings. The number of hydrogen-bond acceptors (Lipinski definition) is 5. The van der Waals surface area contributed by atoms with Crippen molar-refractivity contribution in [3.8, 4) is 17.1 Å². The topological polar surface area (TPSA) is 88.9 Å². The van der Waals surface area contributed by atoms with Crippen LogP contribution >= 0.6 is 0 Å². The van der Waals surface area contributed by atoms with Crippen LogP contribution in [0.25, 0.3) is 11.4 Å². The van der Waals surface area contributed by atoms with Crippen LogP contribution < -0.4 is 4.74 Å². The van der Waals surface area contributed by atoms with Gasteiger partial charge in [0, 0.05) is 18.5 Å². The number of fused-ring (bicyclic) bond motifs is 1. The second-order valence-electron chi connectivity index (χ2n) is 6.77. The summed E-state index contributed by atoms with van der Waals surface area (Å²) in [7, 11) is 1.65. The third-order valence-corrected chi connectivity index (χ3v) is 4.84. The van der Waals surface area contributed by atoms with E-state index in [9.17, 15) is 4.79 Å². The number of nitrogens with zero attached hydrogens (tertiary/aromatic N) is 5. The van der Waals surface area contributed by atoms with E-state index in [0.29, 0.717) is 19.6 Å². The highest BCUT2D eigenvalue weighted by molar-refractivity contribution is 5.78. The molecule has 0 fully saturated rings. The average Bonchev–Trinajstić information content (AvgIpc) is 3.36. The lowest BCUT2D eigenvalue weighted by molar-refractivity contribution is -0.136. The maximum Gasteiger partial charge on any atom is 0.227 e. The number of methoxy groups -OCH3 is 1. The molecule has 1 aromatic carbocycles. The second kappa shape index (κ2) is 7.22. The van der Waals surface area contributed by atoms with Gasteiger partial charge in [-0.1, -0.05) is 19.1 Å². The Kier molecular flexibility index (Phi) is 4.62. The van der Waals surface area contributed by atoms with Gasteiger partial charge in [-0.3, -0.25) is 9.48 Å². The molecule has 0 aliphatic carbocycles. The van der Waals surface area contributed by atoms with Crippen LogP contribution in [0.2, 0.25) is 0 Å². The van der Waals surface area contributed by atoms with Crippen molar-refractivity contribution in [1.82, 2.24) is 29.6 Å². The maximum absolute atomic E-state index is 12.8. The minimum atomic E-state index is -0.158. The Morgan fingerprint density at radius 2 is 2.30 bits per heavy atom. The van der Waals surface area contributed by atoms with Crippen LogP contribution in [-0.4, -0.2) is 49.2 Å². The predicted molar refractivity (Wildman–Crippen MR) is 98.9 cm³/mol. The molecule has 0 spiro atoms. The lowest BCUT2D eigenvalue weighted by Gasteiger charge is -2.28. The quantitative estimate of drug-likeness (QED) is 0.745. The van der Waals surface area contributed by atoms with Crippen molar-refractivity contribution >= 4 is 5.91 Å². The predicted octanol–water partition coefficient (Wildman–Crippen LogP) is 1.90. The largest absolute Gasteiger partial charge is 0.497 e. The Morgan fingerprint density at radius 3 is 3.07 bits per heavy atom. The van der Waals surface area contributed by atoms with E-state index in [1.165, 1.54) is 6.33 Å². The molecule has 1 N–H and O–H groups in total. The standard InChI is InChI=1S/C19H22N6O2/c1-13(9-25-12-20-11-21-25)19(26)24-7-6-16-17(10-24)23-18(22-16)14-4-3-5-15(8-14)27-2/h3-5,8,11-13H,6-7,9-10H2,1-2H3,(H,22,23)/t13-/m1/s1. The first-order valence-corrected chi connectivity index (χ1v) is 8.97. The minimum absolute atomic E-state index is 0.119. The van der Waals surface area contributed by atoms with Crippen molar-refractivity contribution in [3.05, 3.63) is 48.3 Å². The zero-order chi connectivity index (χ0) is 18.8. The van der Waals surface area contributed by atoms with Crippen LogP contribution in [-0.2, 0) is 24.3 Å². The molecule has 3 heterocycles. The number of benzene rings is 1. The molecule has 1 atom stereocenters. The van der Waals surface area contributed by atoms with E-state index in [2.05, 4.69) is 15.1 Å². The Labute approximate surface area is 157 Å². The number of aromatic amines is 1. The fourth-order valence-corrected chi connectivity index (χ4v) is 3.39. The van der Waals surface area contributed by atoms with E-state index in [4.69, 9.17) is 9.72 Å². The summed E-state index contributed by atoms with van der Waals surface area (Å²) in [4.78, 5) is 26.7. The first-order chi connectivity index (χ1) is 13.1. The molecule has 0 radical (unpaired) electrons. The molecule has 1 aliphatic heterocycles. The summed E-state index contributed by atoms with van der Waals surface area (Å²) in [5.74, 6) is 1.56. The normalized spacial score (nSPS) is 14.7. The summed E-state index contributed by atoms with van der Waals surface area (Å²) in [5, 5.41) is 4.08. The van der Waals surface area contributed by atoms with Crippen molar-refractivity contribution in [2.24, 2.45) is 5.92 Å². The van der Waals surface area contributed by atoms with Crippen LogP contribution in [0.3, 0.4) is 0 Å². The van der Waals surface area contributed by atoms with Crippen molar-refractivity contribution in [3.63, 3.8) is 0 Å². The fraction of sp³-hybridized carbons (Fsp3) is 0.368.